The second-order valence-electron chi connectivity index (χ2n) is 7.11. The van der Waals surface area contributed by atoms with Crippen LogP contribution in [0.1, 0.15) is 49.9 Å². The minimum Gasteiger partial charge on any atom is -0.489 e. The molecule has 3 rings (SSSR count). The maximum Gasteiger partial charge on any atom is 0.253 e. The zero-order valence-corrected chi connectivity index (χ0v) is 13.6. The quantitative estimate of drug-likeness (QED) is 0.797. The van der Waals surface area contributed by atoms with Crippen molar-refractivity contribution in [2.45, 2.75) is 39.5 Å². The fourth-order valence-corrected chi connectivity index (χ4v) is 2.92. The van der Waals surface area contributed by atoms with Crippen LogP contribution in [0.15, 0.2) is 18.2 Å². The number of carbonyl (C=O) groups is 1. The summed E-state index contributed by atoms with van der Waals surface area (Å²) in [5.74, 6) is 1.53. The van der Waals surface area contributed by atoms with Crippen molar-refractivity contribution in [2.75, 3.05) is 26.3 Å². The highest BCUT2D eigenvalue weighted by atomic mass is 16.5. The van der Waals surface area contributed by atoms with Gasteiger partial charge in [0.1, 0.15) is 0 Å². The lowest BCUT2D eigenvalue weighted by Crippen LogP contribution is -2.31. The van der Waals surface area contributed by atoms with Crippen LogP contribution < -0.4 is 9.47 Å². The maximum atomic E-state index is 12.7. The van der Waals surface area contributed by atoms with E-state index in [2.05, 4.69) is 13.8 Å². The number of hydrogen-bond acceptors (Lipinski definition) is 3. The van der Waals surface area contributed by atoms with E-state index in [9.17, 15) is 4.79 Å². The Kier molecular flexibility index (Phi) is 4.27. The molecule has 1 saturated heterocycles. The van der Waals surface area contributed by atoms with Gasteiger partial charge in [-0.2, -0.15) is 0 Å². The van der Waals surface area contributed by atoms with Crippen LogP contribution in [0.4, 0.5) is 0 Å². The van der Waals surface area contributed by atoms with E-state index in [0.717, 1.165) is 31.7 Å². The van der Waals surface area contributed by atoms with Gasteiger partial charge in [0.2, 0.25) is 0 Å². The highest BCUT2D eigenvalue weighted by Gasteiger charge is 2.26. The monoisotopic (exact) mass is 303 g/mol. The van der Waals surface area contributed by atoms with Crippen LogP contribution >= 0.6 is 0 Å². The number of ether oxygens (including phenoxy) is 2. The van der Waals surface area contributed by atoms with E-state index >= 15 is 0 Å². The van der Waals surface area contributed by atoms with Gasteiger partial charge in [-0.25, -0.2) is 0 Å². The third-order valence-electron chi connectivity index (χ3n) is 4.32. The zero-order valence-electron chi connectivity index (χ0n) is 13.6. The number of hydrogen-bond donors (Lipinski definition) is 0. The average molecular weight is 303 g/mol. The van der Waals surface area contributed by atoms with Crippen LogP contribution in [0.3, 0.4) is 0 Å². The second-order valence-corrected chi connectivity index (χ2v) is 7.11. The van der Waals surface area contributed by atoms with Crippen molar-refractivity contribution in [3.05, 3.63) is 23.8 Å². The van der Waals surface area contributed by atoms with Crippen molar-refractivity contribution in [1.82, 2.24) is 4.90 Å². The van der Waals surface area contributed by atoms with Crippen LogP contribution in [-0.4, -0.2) is 37.1 Å². The van der Waals surface area contributed by atoms with Gasteiger partial charge in [0.25, 0.3) is 5.91 Å². The summed E-state index contributed by atoms with van der Waals surface area (Å²) in [6, 6.07) is 5.56. The number of rotatable bonds is 1. The third kappa shape index (κ3) is 3.37. The molecular formula is C18H25NO3. The standard InChI is InChI=1S/C18H25NO3/c1-18(2)12-21-15-8-7-14(11-16(15)22-13-18)17(20)19-9-5-3-4-6-10-19/h7-8,11H,3-6,9-10,12-13H2,1-2H3. The van der Waals surface area contributed by atoms with Gasteiger partial charge in [0.15, 0.2) is 11.5 Å². The molecule has 0 aliphatic carbocycles. The molecule has 1 fully saturated rings. The van der Waals surface area contributed by atoms with Crippen molar-refractivity contribution in [1.29, 1.82) is 0 Å². The van der Waals surface area contributed by atoms with Crippen molar-refractivity contribution in [3.8, 4) is 11.5 Å². The van der Waals surface area contributed by atoms with Crippen LogP contribution in [-0.2, 0) is 0 Å². The van der Waals surface area contributed by atoms with Crippen LogP contribution in [0.5, 0.6) is 11.5 Å². The first kappa shape index (κ1) is 15.2. The van der Waals surface area contributed by atoms with Gasteiger partial charge in [0.05, 0.1) is 13.2 Å². The molecule has 22 heavy (non-hydrogen) atoms. The summed E-state index contributed by atoms with van der Waals surface area (Å²) in [6.07, 6.45) is 4.65. The molecule has 120 valence electrons. The second kappa shape index (κ2) is 6.19. The molecular weight excluding hydrogens is 278 g/mol. The molecule has 2 aliphatic heterocycles. The van der Waals surface area contributed by atoms with Crippen LogP contribution in [0, 0.1) is 5.41 Å². The predicted octanol–water partition coefficient (Wildman–Crippen LogP) is 3.50. The minimum absolute atomic E-state index is 0.0199. The smallest absolute Gasteiger partial charge is 0.253 e. The summed E-state index contributed by atoms with van der Waals surface area (Å²) in [6.45, 7) is 7.17. The molecule has 1 aromatic rings. The molecule has 4 nitrogen and oxygen atoms in total. The van der Waals surface area contributed by atoms with E-state index < -0.39 is 0 Å². The Labute approximate surface area is 132 Å². The summed E-state index contributed by atoms with van der Waals surface area (Å²) in [5.41, 5.74) is 0.678. The number of likely N-dealkylation sites (tertiary alicyclic amines) is 1. The largest absolute Gasteiger partial charge is 0.489 e. The fraction of sp³-hybridized carbons (Fsp3) is 0.611. The van der Waals surface area contributed by atoms with Crippen LogP contribution in [0.2, 0.25) is 0 Å². The highest BCUT2D eigenvalue weighted by molar-refractivity contribution is 5.95. The molecule has 0 N–H and O–H groups in total. The molecule has 0 aromatic heterocycles. The number of amides is 1. The predicted molar refractivity (Wildman–Crippen MR) is 85.6 cm³/mol. The summed E-state index contributed by atoms with van der Waals surface area (Å²) >= 11 is 0. The van der Waals surface area contributed by atoms with E-state index in [1.807, 2.05) is 23.1 Å². The molecule has 1 aromatic carbocycles. The van der Waals surface area contributed by atoms with E-state index in [0.29, 0.717) is 24.5 Å². The maximum absolute atomic E-state index is 12.7. The molecule has 4 heteroatoms. The van der Waals surface area contributed by atoms with Gasteiger partial charge >= 0.3 is 0 Å². The van der Waals surface area contributed by atoms with E-state index in [1.54, 1.807) is 0 Å². The Morgan fingerprint density at radius 3 is 2.32 bits per heavy atom. The first-order chi connectivity index (χ1) is 10.6. The minimum atomic E-state index is -0.0199. The molecule has 2 aliphatic rings. The molecule has 0 spiro atoms. The Bertz CT molecular complexity index is 545. The van der Waals surface area contributed by atoms with Crippen molar-refractivity contribution in [3.63, 3.8) is 0 Å². The SMILES string of the molecule is CC1(C)COc2ccc(C(=O)N3CCCCCC3)cc2OC1. The van der Waals surface area contributed by atoms with Gasteiger partial charge in [-0.1, -0.05) is 26.7 Å². The normalized spacial score (nSPS) is 20.9. The first-order valence-electron chi connectivity index (χ1n) is 8.24. The Balaban J connectivity index is 1.78. The van der Waals surface area contributed by atoms with Crippen LogP contribution in [0.25, 0.3) is 0 Å². The Morgan fingerprint density at radius 2 is 1.64 bits per heavy atom. The Morgan fingerprint density at radius 1 is 1.00 bits per heavy atom. The van der Waals surface area contributed by atoms with Crippen molar-refractivity contribution in [2.24, 2.45) is 5.41 Å². The van der Waals surface area contributed by atoms with Gasteiger partial charge in [-0.3, -0.25) is 4.79 Å². The van der Waals surface area contributed by atoms with Gasteiger partial charge in [-0.15, -0.1) is 0 Å². The zero-order chi connectivity index (χ0) is 15.6. The highest BCUT2D eigenvalue weighted by Crippen LogP contribution is 2.34. The summed E-state index contributed by atoms with van der Waals surface area (Å²) < 4.78 is 11.7. The number of carbonyl (C=O) groups excluding carboxylic acids is 1. The van der Waals surface area contributed by atoms with E-state index in [-0.39, 0.29) is 11.3 Å². The lowest BCUT2D eigenvalue weighted by Gasteiger charge is -2.21. The average Bonchev–Trinajstić information content (AvgIpc) is 2.86. The number of fused-ring (bicyclic) bond motifs is 1. The molecule has 0 atom stereocenters. The molecule has 0 unspecified atom stereocenters. The summed E-state index contributed by atoms with van der Waals surface area (Å²) in [5, 5.41) is 0. The lowest BCUT2D eigenvalue weighted by molar-refractivity contribution is 0.0761. The molecule has 0 saturated carbocycles. The fourth-order valence-electron chi connectivity index (χ4n) is 2.92. The number of nitrogens with zero attached hydrogens (tertiary/aromatic N) is 1. The van der Waals surface area contributed by atoms with Gasteiger partial charge in [-0.05, 0) is 31.0 Å². The lowest BCUT2D eigenvalue weighted by atomic mass is 9.97. The van der Waals surface area contributed by atoms with E-state index in [1.165, 1.54) is 12.8 Å². The molecule has 0 radical (unpaired) electrons. The number of benzene rings is 1. The topological polar surface area (TPSA) is 38.8 Å². The van der Waals surface area contributed by atoms with Gasteiger partial charge < -0.3 is 14.4 Å². The summed E-state index contributed by atoms with van der Waals surface area (Å²) in [7, 11) is 0. The van der Waals surface area contributed by atoms with E-state index in [4.69, 9.17) is 9.47 Å². The Hall–Kier alpha value is -1.71. The molecule has 0 bridgehead atoms. The summed E-state index contributed by atoms with van der Waals surface area (Å²) in [4.78, 5) is 14.6. The van der Waals surface area contributed by atoms with Gasteiger partial charge in [0, 0.05) is 24.1 Å². The van der Waals surface area contributed by atoms with Crippen molar-refractivity contribution < 1.29 is 14.3 Å². The molecule has 2 heterocycles. The molecule has 1 amide bonds. The third-order valence-corrected chi connectivity index (χ3v) is 4.32. The van der Waals surface area contributed by atoms with Crippen molar-refractivity contribution >= 4 is 5.91 Å². The first-order valence-corrected chi connectivity index (χ1v) is 8.24.